The van der Waals surface area contributed by atoms with Crippen LogP contribution in [0.2, 0.25) is 0 Å². The van der Waals surface area contributed by atoms with E-state index in [1.807, 2.05) is 0 Å². The van der Waals surface area contributed by atoms with Crippen LogP contribution in [0.3, 0.4) is 0 Å². The summed E-state index contributed by atoms with van der Waals surface area (Å²) in [4.78, 5) is 33.2. The summed E-state index contributed by atoms with van der Waals surface area (Å²) in [5, 5.41) is 39.0. The molecule has 0 saturated heterocycles. The maximum atomic E-state index is 12.2. The Morgan fingerprint density at radius 1 is 0.762 bits per heavy atom. The SMILES string of the molecule is CCCCCCCC/C=C\CCCCCCCC(=O)OC(CC)COP(=O)(O)OCC(O)C(O)C(O)C(O)C(=O)OC. The number of ether oxygens (including phenoxy) is 2. The van der Waals surface area contributed by atoms with Gasteiger partial charge in [0.2, 0.25) is 0 Å². The smallest absolute Gasteiger partial charge is 0.467 e. The first-order chi connectivity index (χ1) is 20.0. The van der Waals surface area contributed by atoms with E-state index < -0.39 is 63.5 Å². The summed E-state index contributed by atoms with van der Waals surface area (Å²) in [5.41, 5.74) is 0. The highest BCUT2D eigenvalue weighted by molar-refractivity contribution is 7.47. The fourth-order valence-electron chi connectivity index (χ4n) is 3.98. The lowest BCUT2D eigenvalue weighted by Gasteiger charge is -2.25. The van der Waals surface area contributed by atoms with Crippen molar-refractivity contribution >= 4 is 19.8 Å². The van der Waals surface area contributed by atoms with Gasteiger partial charge < -0.3 is 34.8 Å². The first-order valence-electron chi connectivity index (χ1n) is 15.2. The zero-order valence-corrected chi connectivity index (χ0v) is 26.5. The number of phosphoric ester groups is 1. The maximum absolute atomic E-state index is 12.2. The molecule has 0 rings (SSSR count). The lowest BCUT2D eigenvalue weighted by atomic mass is 10.0. The molecule has 0 fully saturated rings. The van der Waals surface area contributed by atoms with Crippen LogP contribution in [-0.2, 0) is 32.7 Å². The molecule has 0 aliphatic carbocycles. The van der Waals surface area contributed by atoms with E-state index >= 15 is 0 Å². The van der Waals surface area contributed by atoms with Crippen molar-refractivity contribution in [3.8, 4) is 0 Å². The Morgan fingerprint density at radius 2 is 1.29 bits per heavy atom. The molecule has 0 heterocycles. The third-order valence-electron chi connectivity index (χ3n) is 6.74. The molecule has 12 nitrogen and oxygen atoms in total. The topological polar surface area (TPSA) is 189 Å². The zero-order valence-electron chi connectivity index (χ0n) is 25.6. The molecule has 5 N–H and O–H groups in total. The first-order valence-corrected chi connectivity index (χ1v) is 16.7. The molecule has 0 aromatic carbocycles. The summed E-state index contributed by atoms with van der Waals surface area (Å²) in [6.45, 7) is 2.53. The van der Waals surface area contributed by atoms with Gasteiger partial charge in [0.1, 0.15) is 24.4 Å². The molecule has 0 saturated carbocycles. The van der Waals surface area contributed by atoms with Crippen LogP contribution in [0, 0.1) is 0 Å². The number of unbranched alkanes of at least 4 members (excludes halogenated alkanes) is 11. The number of aliphatic hydroxyl groups excluding tert-OH is 4. The summed E-state index contributed by atoms with van der Waals surface area (Å²) in [6, 6.07) is 0. The lowest BCUT2D eigenvalue weighted by molar-refractivity contribution is -0.167. The number of carbonyl (C=O) groups excluding carboxylic acids is 2. The van der Waals surface area contributed by atoms with Crippen LogP contribution in [0.15, 0.2) is 12.2 Å². The highest BCUT2D eigenvalue weighted by Crippen LogP contribution is 2.43. The van der Waals surface area contributed by atoms with Gasteiger partial charge in [-0.2, -0.15) is 0 Å². The normalized spacial score (nSPS) is 16.9. The third-order valence-corrected chi connectivity index (χ3v) is 7.69. The van der Waals surface area contributed by atoms with Crippen LogP contribution in [0.4, 0.5) is 0 Å². The molecule has 6 atom stereocenters. The van der Waals surface area contributed by atoms with Crippen LogP contribution < -0.4 is 0 Å². The molecule has 0 aromatic heterocycles. The number of aliphatic hydroxyl groups is 4. The number of phosphoric acid groups is 1. The minimum absolute atomic E-state index is 0.228. The standard InChI is InChI=1S/C29H55O12P/c1-4-6-7-8-9-10-11-12-13-14-15-16-17-18-19-20-25(31)41-23(5-2)21-39-42(36,37)40-22-24(30)26(32)27(33)28(34)29(35)38-3/h12-13,23-24,26-28,30,32-34H,4-11,14-22H2,1-3H3,(H,36,37)/b13-12-. The Hall–Kier alpha value is -1.37. The largest absolute Gasteiger partial charge is 0.472 e. The molecule has 0 amide bonds. The van der Waals surface area contributed by atoms with Crippen molar-refractivity contribution in [1.29, 1.82) is 0 Å². The molecule has 0 radical (unpaired) electrons. The summed E-state index contributed by atoms with van der Waals surface area (Å²) in [7, 11) is -3.78. The van der Waals surface area contributed by atoms with E-state index in [0.29, 0.717) is 12.8 Å². The van der Waals surface area contributed by atoms with Crippen molar-refractivity contribution in [2.24, 2.45) is 0 Å². The summed E-state index contributed by atoms with van der Waals surface area (Å²) < 4.78 is 31.1. The van der Waals surface area contributed by atoms with Gasteiger partial charge in [0.25, 0.3) is 0 Å². The molecule has 0 aromatic rings. The second-order valence-corrected chi connectivity index (χ2v) is 11.9. The van der Waals surface area contributed by atoms with Gasteiger partial charge in [-0.15, -0.1) is 0 Å². The van der Waals surface area contributed by atoms with E-state index in [0.717, 1.165) is 45.6 Å². The minimum Gasteiger partial charge on any atom is -0.467 e. The van der Waals surface area contributed by atoms with Gasteiger partial charge in [0.15, 0.2) is 6.10 Å². The lowest BCUT2D eigenvalue weighted by Crippen LogP contribution is -2.49. The molecule has 0 aliphatic heterocycles. The van der Waals surface area contributed by atoms with Gasteiger partial charge in [-0.25, -0.2) is 9.36 Å². The van der Waals surface area contributed by atoms with E-state index in [4.69, 9.17) is 9.26 Å². The van der Waals surface area contributed by atoms with Crippen molar-refractivity contribution < 1.29 is 58.0 Å². The zero-order chi connectivity index (χ0) is 31.8. The molecule has 0 bridgehead atoms. The van der Waals surface area contributed by atoms with Crippen molar-refractivity contribution in [1.82, 2.24) is 0 Å². The third kappa shape index (κ3) is 20.5. The fraction of sp³-hybridized carbons (Fsp3) is 0.862. The molecule has 248 valence electrons. The van der Waals surface area contributed by atoms with Crippen LogP contribution >= 0.6 is 7.82 Å². The molecule has 0 aliphatic rings. The predicted molar refractivity (Wildman–Crippen MR) is 157 cm³/mol. The Labute approximate surface area is 251 Å². The van der Waals surface area contributed by atoms with Crippen LogP contribution in [-0.4, -0.2) is 88.1 Å². The summed E-state index contributed by atoms with van der Waals surface area (Å²) in [5.74, 6) is -1.68. The monoisotopic (exact) mass is 626 g/mol. The molecule has 42 heavy (non-hydrogen) atoms. The van der Waals surface area contributed by atoms with Gasteiger partial charge in [-0.3, -0.25) is 13.8 Å². The van der Waals surface area contributed by atoms with Crippen molar-refractivity contribution in [3.05, 3.63) is 12.2 Å². The van der Waals surface area contributed by atoms with Gasteiger partial charge in [0, 0.05) is 6.42 Å². The Kier molecular flexibility index (Phi) is 24.2. The molecular formula is C29H55O12P. The average molecular weight is 627 g/mol. The average Bonchev–Trinajstić information content (AvgIpc) is 2.98. The quantitative estimate of drug-likeness (QED) is 0.0381. The van der Waals surface area contributed by atoms with Gasteiger partial charge in [-0.05, 0) is 38.5 Å². The van der Waals surface area contributed by atoms with Crippen LogP contribution in [0.1, 0.15) is 110 Å². The predicted octanol–water partition coefficient (Wildman–Crippen LogP) is 4.10. The number of esters is 2. The number of hydrogen-bond donors (Lipinski definition) is 5. The minimum atomic E-state index is -4.73. The van der Waals surface area contributed by atoms with E-state index in [9.17, 15) is 39.5 Å². The second-order valence-electron chi connectivity index (χ2n) is 10.4. The molecule has 13 heteroatoms. The van der Waals surface area contributed by atoms with Crippen LogP contribution in [0.5, 0.6) is 0 Å². The molecule has 0 spiro atoms. The van der Waals surface area contributed by atoms with E-state index in [-0.39, 0.29) is 6.42 Å². The van der Waals surface area contributed by atoms with E-state index in [1.165, 1.54) is 38.5 Å². The van der Waals surface area contributed by atoms with Crippen molar-refractivity contribution in [2.45, 2.75) is 141 Å². The number of hydrogen-bond acceptors (Lipinski definition) is 11. The van der Waals surface area contributed by atoms with E-state index in [1.54, 1.807) is 6.92 Å². The Balaban J connectivity index is 4.08. The number of rotatable bonds is 27. The van der Waals surface area contributed by atoms with Crippen molar-refractivity contribution in [3.63, 3.8) is 0 Å². The number of carbonyl (C=O) groups is 2. The first kappa shape index (κ1) is 40.6. The highest BCUT2D eigenvalue weighted by atomic mass is 31.2. The number of allylic oxidation sites excluding steroid dienone is 2. The van der Waals surface area contributed by atoms with Crippen LogP contribution in [0.25, 0.3) is 0 Å². The van der Waals surface area contributed by atoms with Gasteiger partial charge in [0.05, 0.1) is 20.3 Å². The van der Waals surface area contributed by atoms with Gasteiger partial charge in [-0.1, -0.05) is 77.4 Å². The van der Waals surface area contributed by atoms with E-state index in [2.05, 4.69) is 28.3 Å². The van der Waals surface area contributed by atoms with Crippen molar-refractivity contribution in [2.75, 3.05) is 20.3 Å². The summed E-state index contributed by atoms with van der Waals surface area (Å²) in [6.07, 6.45) is 10.9. The number of methoxy groups -OCH3 is 1. The molecule has 6 unspecified atom stereocenters. The fourth-order valence-corrected chi connectivity index (χ4v) is 4.75. The summed E-state index contributed by atoms with van der Waals surface area (Å²) >= 11 is 0. The second kappa shape index (κ2) is 25.0. The Morgan fingerprint density at radius 3 is 1.83 bits per heavy atom. The maximum Gasteiger partial charge on any atom is 0.472 e. The molecular weight excluding hydrogens is 571 g/mol. The highest BCUT2D eigenvalue weighted by Gasteiger charge is 2.36. The van der Waals surface area contributed by atoms with Gasteiger partial charge >= 0.3 is 19.8 Å². The Bertz CT molecular complexity index is 778.